The predicted octanol–water partition coefficient (Wildman–Crippen LogP) is 5.80. The van der Waals surface area contributed by atoms with E-state index in [0.29, 0.717) is 35.2 Å². The van der Waals surface area contributed by atoms with Crippen LogP contribution in [0, 0.1) is 6.92 Å². The highest BCUT2D eigenvalue weighted by atomic mass is 35.5. The average molecular weight is 512 g/mol. The van der Waals surface area contributed by atoms with Gasteiger partial charge in [0, 0.05) is 16.3 Å². The van der Waals surface area contributed by atoms with Crippen molar-refractivity contribution in [2.75, 3.05) is 24.2 Å². The van der Waals surface area contributed by atoms with Crippen LogP contribution in [0.2, 0.25) is 5.02 Å². The second-order valence-electron chi connectivity index (χ2n) is 7.43. The maximum atomic E-state index is 12.5. The smallest absolute Gasteiger partial charge is 0.255 e. The molecule has 1 heterocycles. The van der Waals surface area contributed by atoms with Crippen LogP contribution in [-0.2, 0) is 4.79 Å². The molecule has 4 aromatic rings. The first-order chi connectivity index (χ1) is 16.5. The molecule has 0 aliphatic heterocycles. The SMILES string of the molecule is Cc1cccc(C(=O)Nc2ccc3nc(SCC(=O)NCCOc4ccc(Cl)cc4)sc3c2)c1. The Balaban J connectivity index is 1.25. The molecule has 0 aliphatic carbocycles. The number of carbonyl (C=O) groups is 2. The number of rotatable bonds is 9. The molecule has 0 unspecified atom stereocenters. The zero-order chi connectivity index (χ0) is 23.9. The summed E-state index contributed by atoms with van der Waals surface area (Å²) in [6.07, 6.45) is 0. The van der Waals surface area contributed by atoms with Gasteiger partial charge >= 0.3 is 0 Å². The number of hydrogen-bond acceptors (Lipinski definition) is 6. The average Bonchev–Trinajstić information content (AvgIpc) is 3.24. The first kappa shape index (κ1) is 24.1. The minimum atomic E-state index is -0.154. The van der Waals surface area contributed by atoms with Crippen molar-refractivity contribution < 1.29 is 14.3 Å². The molecular weight excluding hydrogens is 490 g/mol. The fraction of sp³-hybridized carbons (Fsp3) is 0.160. The number of benzene rings is 3. The fourth-order valence-electron chi connectivity index (χ4n) is 3.10. The van der Waals surface area contributed by atoms with Crippen molar-refractivity contribution >= 4 is 62.4 Å². The number of nitrogens with one attached hydrogen (secondary N) is 2. The number of halogens is 1. The molecule has 2 N–H and O–H groups in total. The maximum absolute atomic E-state index is 12.5. The van der Waals surface area contributed by atoms with Crippen LogP contribution >= 0.6 is 34.7 Å². The Bertz CT molecular complexity index is 1310. The Hall–Kier alpha value is -3.07. The van der Waals surface area contributed by atoms with Gasteiger partial charge in [0.1, 0.15) is 12.4 Å². The van der Waals surface area contributed by atoms with E-state index < -0.39 is 0 Å². The Morgan fingerprint density at radius 3 is 2.71 bits per heavy atom. The third-order valence-electron chi connectivity index (χ3n) is 4.74. The van der Waals surface area contributed by atoms with Gasteiger partial charge in [-0.15, -0.1) is 11.3 Å². The molecule has 0 spiro atoms. The molecule has 2 amide bonds. The molecule has 34 heavy (non-hydrogen) atoms. The number of anilines is 1. The summed E-state index contributed by atoms with van der Waals surface area (Å²) in [5, 5.41) is 6.42. The van der Waals surface area contributed by atoms with Crippen LogP contribution < -0.4 is 15.4 Å². The molecule has 0 bridgehead atoms. The first-order valence-electron chi connectivity index (χ1n) is 10.5. The minimum Gasteiger partial charge on any atom is -0.492 e. The van der Waals surface area contributed by atoms with Gasteiger partial charge in [0.25, 0.3) is 5.91 Å². The van der Waals surface area contributed by atoms with Crippen molar-refractivity contribution in [1.82, 2.24) is 10.3 Å². The molecule has 1 aromatic heterocycles. The van der Waals surface area contributed by atoms with Crippen molar-refractivity contribution in [3.05, 3.63) is 82.9 Å². The monoisotopic (exact) mass is 511 g/mol. The van der Waals surface area contributed by atoms with E-state index in [1.54, 1.807) is 30.3 Å². The quantitative estimate of drug-likeness (QED) is 0.219. The minimum absolute atomic E-state index is 0.0879. The molecule has 3 aromatic carbocycles. The molecule has 9 heteroatoms. The summed E-state index contributed by atoms with van der Waals surface area (Å²) in [5.41, 5.74) is 3.19. The zero-order valence-corrected chi connectivity index (χ0v) is 20.7. The van der Waals surface area contributed by atoms with E-state index in [4.69, 9.17) is 16.3 Å². The van der Waals surface area contributed by atoms with Gasteiger partial charge in [0.15, 0.2) is 4.34 Å². The number of aryl methyl sites for hydroxylation is 1. The summed E-state index contributed by atoms with van der Waals surface area (Å²) in [7, 11) is 0. The summed E-state index contributed by atoms with van der Waals surface area (Å²) in [6.45, 7) is 2.73. The second kappa shape index (κ2) is 11.4. The summed E-state index contributed by atoms with van der Waals surface area (Å²) < 4.78 is 7.31. The Morgan fingerprint density at radius 2 is 1.91 bits per heavy atom. The van der Waals surface area contributed by atoms with Crippen LogP contribution in [0.5, 0.6) is 5.75 Å². The molecule has 0 fully saturated rings. The van der Waals surface area contributed by atoms with Crippen molar-refractivity contribution in [3.8, 4) is 5.75 Å². The van der Waals surface area contributed by atoms with Crippen LogP contribution in [0.1, 0.15) is 15.9 Å². The highest BCUT2D eigenvalue weighted by Gasteiger charge is 2.11. The van der Waals surface area contributed by atoms with Gasteiger partial charge in [-0.2, -0.15) is 0 Å². The number of hydrogen-bond donors (Lipinski definition) is 2. The van der Waals surface area contributed by atoms with Crippen LogP contribution in [0.3, 0.4) is 0 Å². The lowest BCUT2D eigenvalue weighted by molar-refractivity contribution is -0.118. The van der Waals surface area contributed by atoms with E-state index in [9.17, 15) is 9.59 Å². The summed E-state index contributed by atoms with van der Waals surface area (Å²) >= 11 is 8.72. The normalized spacial score (nSPS) is 10.8. The van der Waals surface area contributed by atoms with Crippen molar-refractivity contribution in [3.63, 3.8) is 0 Å². The molecule has 6 nitrogen and oxygen atoms in total. The summed E-state index contributed by atoms with van der Waals surface area (Å²) in [6, 6.07) is 20.1. The third-order valence-corrected chi connectivity index (χ3v) is 7.15. The largest absolute Gasteiger partial charge is 0.492 e. The van der Waals surface area contributed by atoms with Gasteiger partial charge in [-0.1, -0.05) is 41.1 Å². The van der Waals surface area contributed by atoms with Crippen LogP contribution in [-0.4, -0.2) is 35.7 Å². The van der Waals surface area contributed by atoms with E-state index in [1.807, 2.05) is 43.3 Å². The highest BCUT2D eigenvalue weighted by molar-refractivity contribution is 8.01. The lowest BCUT2D eigenvalue weighted by Gasteiger charge is -2.07. The molecule has 0 radical (unpaired) electrons. The van der Waals surface area contributed by atoms with Gasteiger partial charge in [0.05, 0.1) is 22.5 Å². The number of amides is 2. The van der Waals surface area contributed by atoms with Gasteiger partial charge < -0.3 is 15.4 Å². The standard InChI is InChI=1S/C25H22ClN3O3S2/c1-16-3-2-4-17(13-16)24(31)28-19-7-10-21-22(14-19)34-25(29-21)33-15-23(30)27-11-12-32-20-8-5-18(26)6-9-20/h2-10,13-14H,11-12,15H2,1H3,(H,27,30)(H,28,31). The second-order valence-corrected chi connectivity index (χ2v) is 10.1. The number of ether oxygens (including phenoxy) is 1. The Morgan fingerprint density at radius 1 is 1.09 bits per heavy atom. The molecule has 4 rings (SSSR count). The number of fused-ring (bicyclic) bond motifs is 1. The molecular formula is C25H22ClN3O3S2. The van der Waals surface area contributed by atoms with Crippen LogP contribution in [0.15, 0.2) is 71.1 Å². The number of aromatic nitrogens is 1. The molecule has 0 saturated heterocycles. The predicted molar refractivity (Wildman–Crippen MR) is 139 cm³/mol. The van der Waals surface area contributed by atoms with Crippen molar-refractivity contribution in [1.29, 1.82) is 0 Å². The molecule has 0 atom stereocenters. The van der Waals surface area contributed by atoms with E-state index in [2.05, 4.69) is 15.6 Å². The number of nitrogens with zero attached hydrogens (tertiary/aromatic N) is 1. The Kier molecular flexibility index (Phi) is 8.05. The molecule has 0 saturated carbocycles. The van der Waals surface area contributed by atoms with E-state index in [0.717, 1.165) is 20.1 Å². The van der Waals surface area contributed by atoms with Gasteiger partial charge in [-0.3, -0.25) is 9.59 Å². The molecule has 0 aliphatic rings. The highest BCUT2D eigenvalue weighted by Crippen LogP contribution is 2.31. The summed E-state index contributed by atoms with van der Waals surface area (Å²) in [4.78, 5) is 29.2. The van der Waals surface area contributed by atoms with Crippen LogP contribution in [0.4, 0.5) is 5.69 Å². The topological polar surface area (TPSA) is 80.3 Å². The fourth-order valence-corrected chi connectivity index (χ4v) is 5.16. The van der Waals surface area contributed by atoms with E-state index >= 15 is 0 Å². The number of thiazole rings is 1. The van der Waals surface area contributed by atoms with E-state index in [1.165, 1.54) is 23.1 Å². The first-order valence-corrected chi connectivity index (χ1v) is 12.7. The van der Waals surface area contributed by atoms with Gasteiger partial charge in [-0.25, -0.2) is 4.98 Å². The Labute approximate surface area is 210 Å². The molecule has 174 valence electrons. The third kappa shape index (κ3) is 6.72. The summed E-state index contributed by atoms with van der Waals surface area (Å²) in [5.74, 6) is 0.725. The van der Waals surface area contributed by atoms with E-state index in [-0.39, 0.29) is 17.6 Å². The maximum Gasteiger partial charge on any atom is 0.255 e. The van der Waals surface area contributed by atoms with Crippen molar-refractivity contribution in [2.45, 2.75) is 11.3 Å². The van der Waals surface area contributed by atoms with Crippen molar-refractivity contribution in [2.24, 2.45) is 0 Å². The van der Waals surface area contributed by atoms with Gasteiger partial charge in [-0.05, 0) is 61.5 Å². The van der Waals surface area contributed by atoms with Gasteiger partial charge in [0.2, 0.25) is 5.91 Å². The number of carbonyl (C=O) groups excluding carboxylic acids is 2. The number of thioether (sulfide) groups is 1. The lowest BCUT2D eigenvalue weighted by atomic mass is 10.1. The zero-order valence-electron chi connectivity index (χ0n) is 18.3. The lowest BCUT2D eigenvalue weighted by Crippen LogP contribution is -2.29. The van der Waals surface area contributed by atoms with Crippen LogP contribution in [0.25, 0.3) is 10.2 Å².